The second-order valence-electron chi connectivity index (χ2n) is 3.26. The van der Waals surface area contributed by atoms with E-state index in [2.05, 4.69) is 30.9 Å². The van der Waals surface area contributed by atoms with E-state index in [0.717, 1.165) is 0 Å². The third-order valence-electron chi connectivity index (χ3n) is 1.93. The van der Waals surface area contributed by atoms with Crippen molar-refractivity contribution in [3.05, 3.63) is 5.28 Å². The molecule has 3 N–H and O–H groups in total. The molecule has 0 radical (unpaired) electrons. The van der Waals surface area contributed by atoms with Crippen LogP contribution in [0.4, 0.5) is 11.9 Å². The number of carbonyl (C=O) groups excluding carboxylic acids is 1. The molecule has 0 saturated heterocycles. The van der Waals surface area contributed by atoms with Gasteiger partial charge in [0.1, 0.15) is 6.04 Å². The van der Waals surface area contributed by atoms with Gasteiger partial charge in [0.25, 0.3) is 0 Å². The van der Waals surface area contributed by atoms with Gasteiger partial charge in [-0.2, -0.15) is 15.0 Å². The Labute approximate surface area is 104 Å². The molecule has 1 aromatic heterocycles. The Balaban J connectivity index is 2.80. The first-order chi connectivity index (χ1) is 8.06. The van der Waals surface area contributed by atoms with E-state index in [9.17, 15) is 4.79 Å². The van der Waals surface area contributed by atoms with Crippen molar-refractivity contribution in [1.29, 1.82) is 0 Å². The molecule has 1 heterocycles. The van der Waals surface area contributed by atoms with Crippen LogP contribution in [0, 0.1) is 0 Å². The lowest BCUT2D eigenvalue weighted by molar-refractivity contribution is -0.121. The molecular formula is C9H15ClN6O. The van der Waals surface area contributed by atoms with E-state index in [1.54, 1.807) is 14.0 Å². The molecule has 0 saturated carbocycles. The minimum absolute atomic E-state index is 0.0718. The summed E-state index contributed by atoms with van der Waals surface area (Å²) in [6.07, 6.45) is 0. The minimum Gasteiger partial charge on any atom is -0.357 e. The summed E-state index contributed by atoms with van der Waals surface area (Å²) in [7, 11) is 1.56. The predicted octanol–water partition coefficient (Wildman–Crippen LogP) is 0.503. The number of amides is 1. The lowest BCUT2D eigenvalue weighted by Crippen LogP contribution is -2.35. The van der Waals surface area contributed by atoms with Gasteiger partial charge >= 0.3 is 0 Å². The van der Waals surface area contributed by atoms with E-state index in [-0.39, 0.29) is 17.1 Å². The van der Waals surface area contributed by atoms with Crippen molar-refractivity contribution < 1.29 is 4.79 Å². The fourth-order valence-corrected chi connectivity index (χ4v) is 1.29. The summed E-state index contributed by atoms with van der Waals surface area (Å²) >= 11 is 5.74. The van der Waals surface area contributed by atoms with E-state index in [1.807, 2.05) is 6.92 Å². The molecule has 0 aliphatic carbocycles. The molecular weight excluding hydrogens is 244 g/mol. The maximum atomic E-state index is 11.3. The van der Waals surface area contributed by atoms with Gasteiger partial charge in [-0.05, 0) is 25.4 Å². The number of anilines is 2. The summed E-state index contributed by atoms with van der Waals surface area (Å²) in [5.74, 6) is 0.475. The summed E-state index contributed by atoms with van der Waals surface area (Å²) < 4.78 is 0. The molecule has 1 unspecified atom stereocenters. The quantitative estimate of drug-likeness (QED) is 0.713. The number of hydrogen-bond donors (Lipinski definition) is 3. The van der Waals surface area contributed by atoms with Crippen LogP contribution in [-0.2, 0) is 4.79 Å². The molecule has 1 aromatic rings. The van der Waals surface area contributed by atoms with E-state index in [1.165, 1.54) is 0 Å². The Morgan fingerprint density at radius 1 is 1.35 bits per heavy atom. The maximum absolute atomic E-state index is 11.3. The number of hydrogen-bond acceptors (Lipinski definition) is 6. The van der Waals surface area contributed by atoms with Gasteiger partial charge in [0.2, 0.25) is 23.1 Å². The Kier molecular flexibility index (Phi) is 4.89. The van der Waals surface area contributed by atoms with Gasteiger partial charge in [-0.15, -0.1) is 0 Å². The standard InChI is InChI=1S/C9H15ClN6O/c1-4-12-8-14-7(10)15-9(16-8)13-5(2)6(17)11-3/h5H,4H2,1-3H3,(H,11,17)(H2,12,13,14,15,16). The van der Waals surface area contributed by atoms with E-state index >= 15 is 0 Å². The van der Waals surface area contributed by atoms with Crippen molar-refractivity contribution >= 4 is 29.4 Å². The van der Waals surface area contributed by atoms with Gasteiger partial charge in [0.15, 0.2) is 0 Å². The van der Waals surface area contributed by atoms with E-state index < -0.39 is 6.04 Å². The Bertz CT molecular complexity index is 399. The molecule has 0 spiro atoms. The first-order valence-electron chi connectivity index (χ1n) is 5.20. The van der Waals surface area contributed by atoms with Crippen LogP contribution in [0.25, 0.3) is 0 Å². The number of carbonyl (C=O) groups is 1. The highest BCUT2D eigenvalue weighted by Crippen LogP contribution is 2.10. The number of likely N-dealkylation sites (N-methyl/N-ethyl adjacent to an activating group) is 1. The van der Waals surface area contributed by atoms with Gasteiger partial charge in [0, 0.05) is 13.6 Å². The topological polar surface area (TPSA) is 91.8 Å². The summed E-state index contributed by atoms with van der Waals surface area (Å²) in [4.78, 5) is 23.2. The molecule has 0 fully saturated rings. The summed E-state index contributed by atoms with van der Waals surface area (Å²) in [6, 6.07) is -0.451. The smallest absolute Gasteiger partial charge is 0.242 e. The number of nitrogens with one attached hydrogen (secondary N) is 3. The molecule has 17 heavy (non-hydrogen) atoms. The number of aromatic nitrogens is 3. The highest BCUT2D eigenvalue weighted by molar-refractivity contribution is 6.28. The van der Waals surface area contributed by atoms with Crippen LogP contribution < -0.4 is 16.0 Å². The van der Waals surface area contributed by atoms with Gasteiger partial charge in [-0.1, -0.05) is 0 Å². The van der Waals surface area contributed by atoms with Crippen LogP contribution in [0.15, 0.2) is 0 Å². The fourth-order valence-electron chi connectivity index (χ4n) is 1.13. The van der Waals surface area contributed by atoms with Crippen LogP contribution in [0.5, 0.6) is 0 Å². The van der Waals surface area contributed by atoms with Crippen molar-refractivity contribution in [1.82, 2.24) is 20.3 Å². The molecule has 1 amide bonds. The number of rotatable bonds is 5. The summed E-state index contributed by atoms with van der Waals surface area (Å²) in [6.45, 7) is 4.28. The van der Waals surface area contributed by atoms with Gasteiger partial charge in [0.05, 0.1) is 0 Å². The molecule has 0 aliphatic heterocycles. The average Bonchev–Trinajstić information content (AvgIpc) is 2.27. The lowest BCUT2D eigenvalue weighted by atomic mass is 10.3. The largest absolute Gasteiger partial charge is 0.357 e. The number of nitrogens with zero attached hydrogens (tertiary/aromatic N) is 3. The molecule has 1 rings (SSSR count). The van der Waals surface area contributed by atoms with Gasteiger partial charge in [-0.3, -0.25) is 4.79 Å². The van der Waals surface area contributed by atoms with Crippen molar-refractivity contribution in [3.8, 4) is 0 Å². The van der Waals surface area contributed by atoms with Crippen LogP contribution in [0.1, 0.15) is 13.8 Å². The Morgan fingerprint density at radius 3 is 2.59 bits per heavy atom. The normalized spacial score (nSPS) is 11.8. The van der Waals surface area contributed by atoms with Crippen molar-refractivity contribution in [2.45, 2.75) is 19.9 Å². The molecule has 94 valence electrons. The Hall–Kier alpha value is -1.63. The first-order valence-corrected chi connectivity index (χ1v) is 5.58. The zero-order chi connectivity index (χ0) is 12.8. The van der Waals surface area contributed by atoms with Crippen LogP contribution >= 0.6 is 11.6 Å². The highest BCUT2D eigenvalue weighted by atomic mass is 35.5. The number of halogens is 1. The maximum Gasteiger partial charge on any atom is 0.242 e. The van der Waals surface area contributed by atoms with Gasteiger partial charge < -0.3 is 16.0 Å². The van der Waals surface area contributed by atoms with Crippen molar-refractivity contribution in [2.24, 2.45) is 0 Å². The third kappa shape index (κ3) is 4.03. The third-order valence-corrected chi connectivity index (χ3v) is 2.10. The zero-order valence-electron chi connectivity index (χ0n) is 9.91. The predicted molar refractivity (Wildman–Crippen MR) is 66.2 cm³/mol. The minimum atomic E-state index is -0.451. The molecule has 0 aliphatic rings. The monoisotopic (exact) mass is 258 g/mol. The van der Waals surface area contributed by atoms with Crippen molar-refractivity contribution in [2.75, 3.05) is 24.2 Å². The second kappa shape index (κ2) is 6.19. The average molecular weight is 259 g/mol. The molecule has 8 heteroatoms. The highest BCUT2D eigenvalue weighted by Gasteiger charge is 2.13. The molecule has 0 aromatic carbocycles. The molecule has 0 bridgehead atoms. The summed E-state index contributed by atoms with van der Waals surface area (Å²) in [5.41, 5.74) is 0. The lowest BCUT2D eigenvalue weighted by Gasteiger charge is -2.12. The zero-order valence-corrected chi connectivity index (χ0v) is 10.7. The SMILES string of the molecule is CCNc1nc(Cl)nc(NC(C)C(=O)NC)n1. The van der Waals surface area contributed by atoms with Gasteiger partial charge in [-0.25, -0.2) is 0 Å². The second-order valence-corrected chi connectivity index (χ2v) is 3.60. The van der Waals surface area contributed by atoms with Crippen LogP contribution in [-0.4, -0.2) is 40.5 Å². The summed E-state index contributed by atoms with van der Waals surface area (Å²) in [5, 5.41) is 8.34. The van der Waals surface area contributed by atoms with E-state index in [4.69, 9.17) is 11.6 Å². The van der Waals surface area contributed by atoms with Crippen molar-refractivity contribution in [3.63, 3.8) is 0 Å². The molecule has 1 atom stereocenters. The molecule has 7 nitrogen and oxygen atoms in total. The van der Waals surface area contributed by atoms with Crippen LogP contribution in [0.3, 0.4) is 0 Å². The van der Waals surface area contributed by atoms with E-state index in [0.29, 0.717) is 12.5 Å². The fraction of sp³-hybridized carbons (Fsp3) is 0.556. The Morgan fingerprint density at radius 2 is 2.00 bits per heavy atom. The van der Waals surface area contributed by atoms with Crippen LogP contribution in [0.2, 0.25) is 5.28 Å². The first kappa shape index (κ1) is 13.4.